The average Bonchev–Trinajstić information content (AvgIpc) is 3.30. The fraction of sp³-hybridized carbons (Fsp3) is 0.538. The second kappa shape index (κ2) is 10.3. The van der Waals surface area contributed by atoms with Crippen LogP contribution in [-0.4, -0.2) is 42.9 Å². The third-order valence-corrected chi connectivity index (χ3v) is 6.65. The Kier molecular flexibility index (Phi) is 7.29. The molecule has 1 aliphatic heterocycles. The highest BCUT2D eigenvalue weighted by atomic mass is 16.5. The second-order valence-electron chi connectivity index (χ2n) is 8.88. The molecule has 2 aromatic rings. The fourth-order valence-corrected chi connectivity index (χ4v) is 4.96. The zero-order valence-corrected chi connectivity index (χ0v) is 18.2. The van der Waals surface area contributed by atoms with E-state index in [0.717, 1.165) is 43.3 Å². The summed E-state index contributed by atoms with van der Waals surface area (Å²) in [5.41, 5.74) is 3.94. The maximum Gasteiger partial charge on any atom is 0.123 e. The van der Waals surface area contributed by atoms with E-state index < -0.39 is 6.10 Å². The molecule has 162 valence electrons. The van der Waals surface area contributed by atoms with Gasteiger partial charge in [-0.15, -0.1) is 0 Å². The summed E-state index contributed by atoms with van der Waals surface area (Å²) in [7, 11) is 1.72. The van der Waals surface area contributed by atoms with Gasteiger partial charge in [-0.25, -0.2) is 0 Å². The number of nitrogens with zero attached hydrogens (tertiary/aromatic N) is 1. The van der Waals surface area contributed by atoms with Crippen LogP contribution < -0.4 is 9.47 Å². The molecule has 0 amide bonds. The van der Waals surface area contributed by atoms with Gasteiger partial charge in [-0.3, -0.25) is 4.90 Å². The lowest BCUT2D eigenvalue weighted by Gasteiger charge is -2.31. The predicted molar refractivity (Wildman–Crippen MR) is 120 cm³/mol. The third-order valence-electron chi connectivity index (χ3n) is 6.65. The van der Waals surface area contributed by atoms with Gasteiger partial charge < -0.3 is 14.6 Å². The Morgan fingerprint density at radius 2 is 1.97 bits per heavy atom. The number of aryl methyl sites for hydroxylation is 1. The maximum atomic E-state index is 10.6. The predicted octanol–water partition coefficient (Wildman–Crippen LogP) is 4.62. The number of aliphatic hydroxyl groups excluding tert-OH is 1. The lowest BCUT2D eigenvalue weighted by molar-refractivity contribution is 0.0634. The fourth-order valence-electron chi connectivity index (χ4n) is 4.96. The molecule has 30 heavy (non-hydrogen) atoms. The van der Waals surface area contributed by atoms with Gasteiger partial charge in [-0.1, -0.05) is 49.9 Å². The Morgan fingerprint density at radius 1 is 1.13 bits per heavy atom. The first kappa shape index (κ1) is 21.2. The number of methoxy groups -OCH3 is 1. The summed E-state index contributed by atoms with van der Waals surface area (Å²) in [5, 5.41) is 10.6. The molecule has 4 rings (SSSR count). The summed E-state index contributed by atoms with van der Waals surface area (Å²) >= 11 is 0. The molecule has 0 bridgehead atoms. The quantitative estimate of drug-likeness (QED) is 0.656. The molecule has 4 nitrogen and oxygen atoms in total. The van der Waals surface area contributed by atoms with Crippen LogP contribution in [0.4, 0.5) is 0 Å². The maximum absolute atomic E-state index is 10.6. The van der Waals surface area contributed by atoms with E-state index in [1.54, 1.807) is 7.11 Å². The van der Waals surface area contributed by atoms with Crippen LogP contribution in [0.2, 0.25) is 0 Å². The Morgan fingerprint density at radius 3 is 2.80 bits per heavy atom. The van der Waals surface area contributed by atoms with E-state index in [-0.39, 0.29) is 0 Å². The summed E-state index contributed by atoms with van der Waals surface area (Å²) in [6, 6.07) is 14.6. The molecule has 0 aromatic heterocycles. The van der Waals surface area contributed by atoms with Crippen LogP contribution >= 0.6 is 0 Å². The molecule has 1 atom stereocenters. The zero-order valence-electron chi connectivity index (χ0n) is 18.2. The van der Waals surface area contributed by atoms with Crippen molar-refractivity contribution in [1.82, 2.24) is 4.90 Å². The molecule has 0 saturated heterocycles. The SMILES string of the molecule is COc1cccc2c1CN(CC(O)COc1cccc(CCC3CCCC3)c1)CC2. The third kappa shape index (κ3) is 5.55. The molecular weight excluding hydrogens is 374 g/mol. The summed E-state index contributed by atoms with van der Waals surface area (Å²) in [6.07, 6.45) is 8.49. The van der Waals surface area contributed by atoms with E-state index in [1.807, 2.05) is 12.1 Å². The van der Waals surface area contributed by atoms with E-state index in [0.29, 0.717) is 13.2 Å². The van der Waals surface area contributed by atoms with Crippen LogP contribution in [-0.2, 0) is 19.4 Å². The van der Waals surface area contributed by atoms with Crippen molar-refractivity contribution in [1.29, 1.82) is 0 Å². The molecule has 4 heteroatoms. The van der Waals surface area contributed by atoms with Crippen LogP contribution in [0.15, 0.2) is 42.5 Å². The molecule has 0 spiro atoms. The molecule has 1 unspecified atom stereocenters. The van der Waals surface area contributed by atoms with Crippen LogP contribution in [0.5, 0.6) is 11.5 Å². The van der Waals surface area contributed by atoms with Gasteiger partial charge in [0.1, 0.15) is 24.2 Å². The van der Waals surface area contributed by atoms with Gasteiger partial charge >= 0.3 is 0 Å². The van der Waals surface area contributed by atoms with Gasteiger partial charge in [0, 0.05) is 25.2 Å². The molecule has 1 saturated carbocycles. The van der Waals surface area contributed by atoms with Crippen LogP contribution in [0.1, 0.15) is 48.8 Å². The summed E-state index contributed by atoms with van der Waals surface area (Å²) in [5.74, 6) is 2.71. The van der Waals surface area contributed by atoms with Crippen LogP contribution in [0, 0.1) is 5.92 Å². The van der Waals surface area contributed by atoms with Gasteiger partial charge in [0.05, 0.1) is 7.11 Å². The van der Waals surface area contributed by atoms with Crippen molar-refractivity contribution in [2.45, 2.75) is 57.6 Å². The molecule has 2 aromatic carbocycles. The van der Waals surface area contributed by atoms with Crippen molar-refractivity contribution in [3.63, 3.8) is 0 Å². The molecule has 2 aliphatic rings. The Bertz CT molecular complexity index is 801. The zero-order chi connectivity index (χ0) is 20.8. The number of β-amino-alcohol motifs (C(OH)–C–C–N with tert-alkyl or cyclic N) is 1. The Labute approximate surface area is 180 Å². The van der Waals surface area contributed by atoms with Gasteiger partial charge in [-0.05, 0) is 54.5 Å². The van der Waals surface area contributed by atoms with E-state index in [4.69, 9.17) is 9.47 Å². The number of ether oxygens (including phenoxy) is 2. The Hall–Kier alpha value is -2.04. The molecule has 1 fully saturated rings. The van der Waals surface area contributed by atoms with Gasteiger partial charge in [0.15, 0.2) is 0 Å². The van der Waals surface area contributed by atoms with Crippen molar-refractivity contribution >= 4 is 0 Å². The molecular formula is C26H35NO3. The number of rotatable bonds is 9. The second-order valence-corrected chi connectivity index (χ2v) is 8.88. The van der Waals surface area contributed by atoms with Crippen molar-refractivity contribution in [2.24, 2.45) is 5.92 Å². The highest BCUT2D eigenvalue weighted by Gasteiger charge is 2.21. The van der Waals surface area contributed by atoms with Gasteiger partial charge in [0.2, 0.25) is 0 Å². The van der Waals surface area contributed by atoms with E-state index in [2.05, 4.69) is 35.2 Å². The summed E-state index contributed by atoms with van der Waals surface area (Å²) < 4.78 is 11.5. The minimum atomic E-state index is -0.511. The van der Waals surface area contributed by atoms with Crippen molar-refractivity contribution in [3.8, 4) is 11.5 Å². The first-order valence-corrected chi connectivity index (χ1v) is 11.5. The highest BCUT2D eigenvalue weighted by Crippen LogP contribution is 2.29. The molecule has 1 heterocycles. The lowest BCUT2D eigenvalue weighted by atomic mass is 9.98. The first-order chi connectivity index (χ1) is 14.7. The molecule has 0 radical (unpaired) electrons. The van der Waals surface area contributed by atoms with Gasteiger partial charge in [-0.2, -0.15) is 0 Å². The largest absolute Gasteiger partial charge is 0.496 e. The van der Waals surface area contributed by atoms with Crippen molar-refractivity contribution in [2.75, 3.05) is 26.8 Å². The topological polar surface area (TPSA) is 41.9 Å². The van der Waals surface area contributed by atoms with Crippen molar-refractivity contribution in [3.05, 3.63) is 59.2 Å². The number of aliphatic hydroxyl groups is 1. The number of hydrogen-bond donors (Lipinski definition) is 1. The average molecular weight is 410 g/mol. The Balaban J connectivity index is 1.25. The van der Waals surface area contributed by atoms with Gasteiger partial charge in [0.25, 0.3) is 0 Å². The summed E-state index contributed by atoms with van der Waals surface area (Å²) in [4.78, 5) is 2.29. The van der Waals surface area contributed by atoms with Crippen LogP contribution in [0.3, 0.4) is 0 Å². The van der Waals surface area contributed by atoms with E-state index >= 15 is 0 Å². The van der Waals surface area contributed by atoms with E-state index in [1.165, 1.54) is 48.8 Å². The summed E-state index contributed by atoms with van der Waals surface area (Å²) in [6.45, 7) is 2.70. The monoisotopic (exact) mass is 409 g/mol. The lowest BCUT2D eigenvalue weighted by Crippen LogP contribution is -2.39. The number of hydrogen-bond acceptors (Lipinski definition) is 4. The minimum absolute atomic E-state index is 0.321. The normalized spacial score (nSPS) is 18.2. The minimum Gasteiger partial charge on any atom is -0.496 e. The highest BCUT2D eigenvalue weighted by molar-refractivity contribution is 5.41. The van der Waals surface area contributed by atoms with E-state index in [9.17, 15) is 5.11 Å². The number of benzene rings is 2. The van der Waals surface area contributed by atoms with Crippen molar-refractivity contribution < 1.29 is 14.6 Å². The first-order valence-electron chi connectivity index (χ1n) is 11.5. The molecule has 1 N–H and O–H groups in total. The number of fused-ring (bicyclic) bond motifs is 1. The smallest absolute Gasteiger partial charge is 0.123 e. The standard InChI is InChI=1S/C26H35NO3/c1-29-26-11-5-9-22-14-15-27(18-25(22)26)17-23(28)19-30-24-10-4-8-21(16-24)13-12-20-6-2-3-7-20/h4-5,8-11,16,20,23,28H,2-3,6-7,12-15,17-19H2,1H3. The van der Waals surface area contributed by atoms with Crippen LogP contribution in [0.25, 0.3) is 0 Å². The molecule has 1 aliphatic carbocycles.